The van der Waals surface area contributed by atoms with Gasteiger partial charge in [-0.05, 0) is 30.7 Å². The first kappa shape index (κ1) is 11.6. The van der Waals surface area contributed by atoms with Crippen LogP contribution < -0.4 is 5.32 Å². The van der Waals surface area contributed by atoms with Crippen molar-refractivity contribution < 1.29 is 4.39 Å². The van der Waals surface area contributed by atoms with Crippen molar-refractivity contribution in [2.24, 2.45) is 0 Å². The van der Waals surface area contributed by atoms with Crippen molar-refractivity contribution >= 4 is 0 Å². The van der Waals surface area contributed by atoms with Gasteiger partial charge in [0.1, 0.15) is 5.82 Å². The lowest BCUT2D eigenvalue weighted by atomic mass is 9.99. The van der Waals surface area contributed by atoms with Crippen LogP contribution in [0, 0.1) is 5.82 Å². The van der Waals surface area contributed by atoms with Crippen LogP contribution in [0.1, 0.15) is 18.4 Å². The molecule has 1 aliphatic rings. The fourth-order valence-electron chi connectivity index (χ4n) is 2.08. The van der Waals surface area contributed by atoms with Gasteiger partial charge in [0.15, 0.2) is 0 Å². The number of hydrogen-bond acceptors (Lipinski definition) is 2. The van der Waals surface area contributed by atoms with Crippen LogP contribution in [0.5, 0.6) is 0 Å². The minimum Gasteiger partial charge on any atom is -0.314 e. The predicted molar refractivity (Wildman–Crippen MR) is 64.1 cm³/mol. The molecule has 1 aliphatic heterocycles. The maximum absolute atomic E-state index is 13.1. The molecule has 0 radical (unpaired) electrons. The van der Waals surface area contributed by atoms with Gasteiger partial charge in [0.2, 0.25) is 0 Å². The molecule has 1 heterocycles. The lowest BCUT2D eigenvalue weighted by Gasteiger charge is -2.37. The van der Waals surface area contributed by atoms with Crippen LogP contribution in [-0.2, 0) is 0 Å². The Morgan fingerprint density at radius 3 is 2.81 bits per heavy atom. The molecule has 1 saturated heterocycles. The van der Waals surface area contributed by atoms with Crippen LogP contribution in [0.3, 0.4) is 0 Å². The van der Waals surface area contributed by atoms with Gasteiger partial charge >= 0.3 is 0 Å². The summed E-state index contributed by atoms with van der Waals surface area (Å²) in [6, 6.07) is 7.57. The summed E-state index contributed by atoms with van der Waals surface area (Å²) < 4.78 is 13.1. The summed E-state index contributed by atoms with van der Waals surface area (Å²) in [6.07, 6.45) is 0. The number of nitrogens with zero attached hydrogens (tertiary/aromatic N) is 1. The van der Waals surface area contributed by atoms with Crippen molar-refractivity contribution in [3.05, 3.63) is 35.6 Å². The highest BCUT2D eigenvalue weighted by atomic mass is 19.1. The molecule has 1 unspecified atom stereocenters. The van der Waals surface area contributed by atoms with E-state index in [1.54, 1.807) is 12.1 Å². The van der Waals surface area contributed by atoms with Crippen LogP contribution in [0.4, 0.5) is 4.39 Å². The fraction of sp³-hybridized carbons (Fsp3) is 0.538. The Bertz CT molecular complexity index is 350. The molecular weight excluding hydrogens is 203 g/mol. The molecule has 1 atom stereocenters. The molecule has 0 spiro atoms. The van der Waals surface area contributed by atoms with E-state index < -0.39 is 0 Å². The Hall–Kier alpha value is -0.930. The fourth-order valence-corrected chi connectivity index (χ4v) is 2.08. The molecule has 0 aliphatic carbocycles. The molecule has 1 aromatic rings. The highest BCUT2D eigenvalue weighted by molar-refractivity contribution is 5.20. The molecule has 3 heteroatoms. The molecular formula is C13H19FN2. The highest BCUT2D eigenvalue weighted by Crippen LogP contribution is 2.18. The first-order chi connectivity index (χ1) is 7.66. The third kappa shape index (κ3) is 2.60. The van der Waals surface area contributed by atoms with Gasteiger partial charge in [-0.3, -0.25) is 0 Å². The lowest BCUT2D eigenvalue weighted by Crippen LogP contribution is -2.56. The molecule has 1 N–H and O–H groups in total. The van der Waals surface area contributed by atoms with E-state index in [9.17, 15) is 4.39 Å². The molecule has 0 amide bonds. The largest absolute Gasteiger partial charge is 0.314 e. The molecule has 1 fully saturated rings. The Morgan fingerprint density at radius 1 is 1.50 bits per heavy atom. The third-order valence-corrected chi connectivity index (χ3v) is 3.36. The van der Waals surface area contributed by atoms with E-state index in [1.165, 1.54) is 6.07 Å². The summed E-state index contributed by atoms with van der Waals surface area (Å²) in [5, 5.41) is 3.26. The van der Waals surface area contributed by atoms with Crippen molar-refractivity contribution in [3.8, 4) is 0 Å². The van der Waals surface area contributed by atoms with Crippen LogP contribution >= 0.6 is 0 Å². The zero-order valence-electron chi connectivity index (χ0n) is 9.91. The molecule has 0 aromatic heterocycles. The number of nitrogens with one attached hydrogen (secondary N) is 1. The zero-order valence-corrected chi connectivity index (χ0v) is 9.91. The molecule has 1 aromatic carbocycles. The minimum absolute atomic E-state index is 0.141. The maximum Gasteiger partial charge on any atom is 0.123 e. The average Bonchev–Trinajstić information content (AvgIpc) is 2.14. The van der Waals surface area contributed by atoms with Crippen molar-refractivity contribution in [3.63, 3.8) is 0 Å². The van der Waals surface area contributed by atoms with E-state index in [0.717, 1.165) is 25.2 Å². The first-order valence-electron chi connectivity index (χ1n) is 5.83. The van der Waals surface area contributed by atoms with Crippen molar-refractivity contribution in [2.45, 2.75) is 18.9 Å². The first-order valence-corrected chi connectivity index (χ1v) is 5.83. The van der Waals surface area contributed by atoms with E-state index in [-0.39, 0.29) is 5.82 Å². The predicted octanol–water partition coefficient (Wildman–Crippen LogP) is 1.83. The smallest absolute Gasteiger partial charge is 0.123 e. The Kier molecular flexibility index (Phi) is 3.56. The second kappa shape index (κ2) is 4.93. The van der Waals surface area contributed by atoms with Crippen molar-refractivity contribution in [2.75, 3.05) is 26.7 Å². The number of benzene rings is 1. The van der Waals surface area contributed by atoms with Gasteiger partial charge in [0.05, 0.1) is 0 Å². The Labute approximate surface area is 96.5 Å². The molecule has 88 valence electrons. The van der Waals surface area contributed by atoms with Crippen LogP contribution in [0.15, 0.2) is 24.3 Å². The van der Waals surface area contributed by atoms with Gasteiger partial charge in [-0.25, -0.2) is 4.39 Å². The molecule has 0 saturated carbocycles. The normalized spacial score (nSPS) is 18.5. The summed E-state index contributed by atoms with van der Waals surface area (Å²) in [5.74, 6) is 0.235. The quantitative estimate of drug-likeness (QED) is 0.836. The number of hydrogen-bond donors (Lipinski definition) is 1. The average molecular weight is 222 g/mol. The van der Waals surface area contributed by atoms with Gasteiger partial charge in [-0.2, -0.15) is 0 Å². The van der Waals surface area contributed by atoms with Gasteiger partial charge in [-0.1, -0.05) is 19.1 Å². The topological polar surface area (TPSA) is 15.3 Å². The lowest BCUT2D eigenvalue weighted by molar-refractivity contribution is 0.173. The van der Waals surface area contributed by atoms with Gasteiger partial charge in [-0.15, -0.1) is 0 Å². The van der Waals surface area contributed by atoms with Crippen molar-refractivity contribution in [1.29, 1.82) is 0 Å². The standard InChI is InChI=1S/C13H19FN2/c1-10(9-16(2)13-7-15-8-13)11-4-3-5-12(14)6-11/h3-6,10,13,15H,7-9H2,1-2H3. The SMILES string of the molecule is CC(CN(C)C1CNC1)c1cccc(F)c1. The number of likely N-dealkylation sites (N-methyl/N-ethyl adjacent to an activating group) is 1. The summed E-state index contributed by atoms with van der Waals surface area (Å²) in [6.45, 7) is 5.28. The summed E-state index contributed by atoms with van der Waals surface area (Å²) in [4.78, 5) is 2.35. The molecule has 0 bridgehead atoms. The summed E-state index contributed by atoms with van der Waals surface area (Å²) in [7, 11) is 2.14. The van der Waals surface area contributed by atoms with Crippen LogP contribution in [0.25, 0.3) is 0 Å². The van der Waals surface area contributed by atoms with Gasteiger partial charge < -0.3 is 10.2 Å². The van der Waals surface area contributed by atoms with E-state index in [1.807, 2.05) is 6.07 Å². The second-order valence-electron chi connectivity index (χ2n) is 4.71. The zero-order chi connectivity index (χ0) is 11.5. The molecule has 2 rings (SSSR count). The van der Waals surface area contributed by atoms with Crippen LogP contribution in [0.2, 0.25) is 0 Å². The van der Waals surface area contributed by atoms with Gasteiger partial charge in [0.25, 0.3) is 0 Å². The Balaban J connectivity index is 1.93. The maximum atomic E-state index is 13.1. The van der Waals surface area contributed by atoms with E-state index in [2.05, 4.69) is 24.2 Å². The second-order valence-corrected chi connectivity index (χ2v) is 4.71. The third-order valence-electron chi connectivity index (χ3n) is 3.36. The molecule has 2 nitrogen and oxygen atoms in total. The van der Waals surface area contributed by atoms with E-state index >= 15 is 0 Å². The summed E-state index contributed by atoms with van der Waals surface area (Å²) in [5.41, 5.74) is 1.08. The van der Waals surface area contributed by atoms with E-state index in [0.29, 0.717) is 12.0 Å². The van der Waals surface area contributed by atoms with Crippen LogP contribution in [-0.4, -0.2) is 37.6 Å². The monoisotopic (exact) mass is 222 g/mol. The van der Waals surface area contributed by atoms with Gasteiger partial charge in [0, 0.05) is 25.7 Å². The minimum atomic E-state index is -0.141. The number of halogens is 1. The highest BCUT2D eigenvalue weighted by Gasteiger charge is 2.22. The Morgan fingerprint density at radius 2 is 2.25 bits per heavy atom. The molecule has 16 heavy (non-hydrogen) atoms. The summed E-state index contributed by atoms with van der Waals surface area (Å²) >= 11 is 0. The van der Waals surface area contributed by atoms with Crippen molar-refractivity contribution in [1.82, 2.24) is 10.2 Å². The number of rotatable bonds is 4. The van der Waals surface area contributed by atoms with E-state index in [4.69, 9.17) is 0 Å².